The predicted octanol–water partition coefficient (Wildman–Crippen LogP) is 1.76. The van der Waals surface area contributed by atoms with Crippen molar-refractivity contribution in [2.75, 3.05) is 6.54 Å². The zero-order valence-corrected chi connectivity index (χ0v) is 12.2. The maximum Gasteiger partial charge on any atom is 0.138 e. The summed E-state index contributed by atoms with van der Waals surface area (Å²) in [5, 5.41) is 7.78. The molecule has 1 N–H and O–H groups in total. The Morgan fingerprint density at radius 2 is 2.10 bits per heavy atom. The van der Waals surface area contributed by atoms with Gasteiger partial charge in [-0.15, -0.1) is 0 Å². The molecule has 0 aliphatic rings. The molecule has 2 aromatic heterocycles. The van der Waals surface area contributed by atoms with Crippen molar-refractivity contribution in [3.63, 3.8) is 0 Å². The van der Waals surface area contributed by atoms with Crippen molar-refractivity contribution in [1.82, 2.24) is 30.0 Å². The van der Waals surface area contributed by atoms with Crippen LogP contribution in [0.2, 0.25) is 0 Å². The van der Waals surface area contributed by atoms with Crippen LogP contribution in [-0.4, -0.2) is 31.3 Å². The number of hydrogen-bond acceptors (Lipinski definition) is 5. The van der Waals surface area contributed by atoms with Crippen LogP contribution in [0, 0.1) is 0 Å². The van der Waals surface area contributed by atoms with Gasteiger partial charge in [-0.05, 0) is 19.4 Å². The van der Waals surface area contributed by atoms with Crippen molar-refractivity contribution < 1.29 is 0 Å². The van der Waals surface area contributed by atoms with Gasteiger partial charge in [-0.3, -0.25) is 14.6 Å². The van der Waals surface area contributed by atoms with Crippen molar-refractivity contribution in [3.8, 4) is 0 Å². The van der Waals surface area contributed by atoms with E-state index in [2.05, 4.69) is 39.2 Å². The molecular weight excluding hydrogens is 252 g/mol. The first-order chi connectivity index (χ1) is 9.85. The third kappa shape index (κ3) is 3.84. The van der Waals surface area contributed by atoms with Gasteiger partial charge in [-0.25, -0.2) is 4.98 Å². The van der Waals surface area contributed by atoms with Crippen LogP contribution >= 0.6 is 0 Å². The highest BCUT2D eigenvalue weighted by atomic mass is 15.3. The average molecular weight is 274 g/mol. The van der Waals surface area contributed by atoms with Gasteiger partial charge in [0.15, 0.2) is 0 Å². The zero-order chi connectivity index (χ0) is 14.2. The summed E-state index contributed by atoms with van der Waals surface area (Å²) < 4.78 is 1.97. The minimum Gasteiger partial charge on any atom is -0.308 e. The maximum absolute atomic E-state index is 4.41. The Kier molecular flexibility index (Phi) is 5.61. The molecule has 6 heteroatoms. The van der Waals surface area contributed by atoms with E-state index < -0.39 is 0 Å². The molecule has 1 atom stereocenters. The van der Waals surface area contributed by atoms with E-state index in [0.29, 0.717) is 0 Å². The molecule has 2 rings (SSSR count). The molecule has 1 unspecified atom stereocenters. The Labute approximate surface area is 119 Å². The Bertz CT molecular complexity index is 495. The Morgan fingerprint density at radius 3 is 2.80 bits per heavy atom. The number of rotatable bonds is 8. The van der Waals surface area contributed by atoms with Crippen LogP contribution in [0.15, 0.2) is 24.9 Å². The molecule has 0 amide bonds. The number of nitrogens with one attached hydrogen (secondary N) is 1. The molecular formula is C14H22N6. The van der Waals surface area contributed by atoms with Gasteiger partial charge in [0.25, 0.3) is 0 Å². The molecule has 108 valence electrons. The molecule has 20 heavy (non-hydrogen) atoms. The van der Waals surface area contributed by atoms with Crippen LogP contribution in [-0.2, 0) is 13.0 Å². The van der Waals surface area contributed by atoms with Crippen molar-refractivity contribution in [2.24, 2.45) is 0 Å². The normalized spacial score (nSPS) is 12.5. The van der Waals surface area contributed by atoms with Crippen LogP contribution in [0.3, 0.4) is 0 Å². The Hall–Kier alpha value is -1.82. The molecule has 0 saturated carbocycles. The van der Waals surface area contributed by atoms with Crippen LogP contribution in [0.1, 0.15) is 44.2 Å². The number of aryl methyl sites for hydroxylation is 1. The highest BCUT2D eigenvalue weighted by Gasteiger charge is 2.16. The Morgan fingerprint density at radius 1 is 1.20 bits per heavy atom. The van der Waals surface area contributed by atoms with Crippen LogP contribution in [0.4, 0.5) is 0 Å². The second kappa shape index (κ2) is 7.69. The Balaban J connectivity index is 2.13. The van der Waals surface area contributed by atoms with Crippen LogP contribution in [0.5, 0.6) is 0 Å². The van der Waals surface area contributed by atoms with E-state index in [-0.39, 0.29) is 6.04 Å². The van der Waals surface area contributed by atoms with Crippen molar-refractivity contribution in [3.05, 3.63) is 36.4 Å². The third-order valence-corrected chi connectivity index (χ3v) is 3.10. The van der Waals surface area contributed by atoms with E-state index in [4.69, 9.17) is 0 Å². The predicted molar refractivity (Wildman–Crippen MR) is 77.1 cm³/mol. The minimum absolute atomic E-state index is 0.128. The fourth-order valence-electron chi connectivity index (χ4n) is 2.12. The molecule has 2 heterocycles. The summed E-state index contributed by atoms with van der Waals surface area (Å²) >= 11 is 0. The number of aromatic nitrogens is 5. The van der Waals surface area contributed by atoms with E-state index in [1.165, 1.54) is 0 Å². The molecule has 0 bridgehead atoms. The lowest BCUT2D eigenvalue weighted by Crippen LogP contribution is -2.26. The first-order valence-electron chi connectivity index (χ1n) is 7.21. The summed E-state index contributed by atoms with van der Waals surface area (Å²) in [7, 11) is 0. The van der Waals surface area contributed by atoms with Gasteiger partial charge in [-0.1, -0.05) is 13.8 Å². The average Bonchev–Trinajstić information content (AvgIpc) is 2.92. The monoisotopic (exact) mass is 274 g/mol. The summed E-state index contributed by atoms with van der Waals surface area (Å²) in [4.78, 5) is 12.9. The molecule has 0 radical (unpaired) electrons. The highest BCUT2D eigenvalue weighted by molar-refractivity contribution is 5.06. The van der Waals surface area contributed by atoms with Gasteiger partial charge >= 0.3 is 0 Å². The minimum atomic E-state index is 0.128. The first kappa shape index (κ1) is 14.6. The molecule has 6 nitrogen and oxygen atoms in total. The van der Waals surface area contributed by atoms with E-state index in [0.717, 1.165) is 43.9 Å². The van der Waals surface area contributed by atoms with Crippen molar-refractivity contribution >= 4 is 0 Å². The second-order valence-electron chi connectivity index (χ2n) is 4.74. The van der Waals surface area contributed by atoms with Gasteiger partial charge in [-0.2, -0.15) is 5.10 Å². The lowest BCUT2D eigenvalue weighted by Gasteiger charge is -2.17. The third-order valence-electron chi connectivity index (χ3n) is 3.10. The molecule has 0 spiro atoms. The molecule has 0 saturated heterocycles. The lowest BCUT2D eigenvalue weighted by molar-refractivity contribution is 0.479. The molecule has 2 aromatic rings. The summed E-state index contributed by atoms with van der Waals surface area (Å²) in [5.41, 5.74) is 0.951. The summed E-state index contributed by atoms with van der Waals surface area (Å²) in [6.45, 7) is 6.14. The van der Waals surface area contributed by atoms with Gasteiger partial charge < -0.3 is 5.32 Å². The van der Waals surface area contributed by atoms with E-state index >= 15 is 0 Å². The lowest BCUT2D eigenvalue weighted by atomic mass is 10.1. The van der Waals surface area contributed by atoms with Gasteiger partial charge in [0, 0.05) is 31.6 Å². The zero-order valence-electron chi connectivity index (χ0n) is 12.2. The highest BCUT2D eigenvalue weighted by Crippen LogP contribution is 2.14. The van der Waals surface area contributed by atoms with Crippen molar-refractivity contribution in [2.45, 2.75) is 45.7 Å². The topological polar surface area (TPSA) is 68.5 Å². The smallest absolute Gasteiger partial charge is 0.138 e. The standard InChI is InChI=1S/C14H22N6/c1-3-5-16-12(13-10-15-6-7-17-13)9-14-18-11-19-20(14)8-4-2/h6-7,10-12,16H,3-5,8-9H2,1-2H3. The van der Waals surface area contributed by atoms with Gasteiger partial charge in [0.2, 0.25) is 0 Å². The summed E-state index contributed by atoms with van der Waals surface area (Å²) in [6.07, 6.45) is 9.77. The van der Waals surface area contributed by atoms with Crippen molar-refractivity contribution in [1.29, 1.82) is 0 Å². The SMILES string of the molecule is CCCNC(Cc1ncnn1CCC)c1cnccn1. The molecule has 0 aliphatic heterocycles. The molecule has 0 aromatic carbocycles. The molecule has 0 aliphatic carbocycles. The number of hydrogen-bond donors (Lipinski definition) is 1. The van der Waals surface area contributed by atoms with E-state index in [1.807, 2.05) is 10.9 Å². The van der Waals surface area contributed by atoms with Crippen LogP contribution < -0.4 is 5.32 Å². The fraction of sp³-hybridized carbons (Fsp3) is 0.571. The van der Waals surface area contributed by atoms with Gasteiger partial charge in [0.1, 0.15) is 12.2 Å². The van der Waals surface area contributed by atoms with E-state index in [1.54, 1.807) is 18.7 Å². The number of nitrogens with zero attached hydrogens (tertiary/aromatic N) is 5. The molecule has 0 fully saturated rings. The van der Waals surface area contributed by atoms with E-state index in [9.17, 15) is 0 Å². The summed E-state index contributed by atoms with van der Waals surface area (Å²) in [6, 6.07) is 0.128. The quantitative estimate of drug-likeness (QED) is 0.794. The largest absolute Gasteiger partial charge is 0.308 e. The van der Waals surface area contributed by atoms with Gasteiger partial charge in [0.05, 0.1) is 11.7 Å². The fourth-order valence-corrected chi connectivity index (χ4v) is 2.12. The maximum atomic E-state index is 4.41. The second-order valence-corrected chi connectivity index (χ2v) is 4.74. The summed E-state index contributed by atoms with van der Waals surface area (Å²) in [5.74, 6) is 0.992. The van der Waals surface area contributed by atoms with Crippen LogP contribution in [0.25, 0.3) is 0 Å². The first-order valence-corrected chi connectivity index (χ1v) is 7.21.